The Morgan fingerprint density at radius 2 is 1.88 bits per heavy atom. The molecule has 0 saturated heterocycles. The first-order valence-corrected chi connectivity index (χ1v) is 6.56. The van der Waals surface area contributed by atoms with Crippen LogP contribution in [0.5, 0.6) is 0 Å². The van der Waals surface area contributed by atoms with Crippen LogP contribution in [0.1, 0.15) is 52.9 Å². The second kappa shape index (κ2) is 10.1. The summed E-state index contributed by atoms with van der Waals surface area (Å²) in [5.74, 6) is 0.583. The minimum atomic E-state index is -0.504. The number of ether oxygens (including phenoxy) is 1. The number of unbranched alkanes of at least 4 members (excludes halogenated alkanes) is 1. The summed E-state index contributed by atoms with van der Waals surface area (Å²) in [4.78, 5) is 0. The molecule has 2 N–H and O–H groups in total. The lowest BCUT2D eigenvalue weighted by atomic mass is 10.0. The third-order valence-corrected chi connectivity index (χ3v) is 3.04. The molecule has 0 radical (unpaired) electrons. The lowest BCUT2D eigenvalue weighted by Gasteiger charge is -2.23. The zero-order valence-electron chi connectivity index (χ0n) is 11.0. The summed E-state index contributed by atoms with van der Waals surface area (Å²) in [6.45, 7) is 6.85. The average Bonchev–Trinajstić information content (AvgIpc) is 2.27. The molecule has 98 valence electrons. The molecule has 3 heteroatoms. The first-order valence-electron chi connectivity index (χ1n) is 6.56. The maximum Gasteiger partial charge on any atom is 0.0853 e. The molecule has 0 aromatic carbocycles. The van der Waals surface area contributed by atoms with Crippen LogP contribution in [0.4, 0.5) is 0 Å². The summed E-state index contributed by atoms with van der Waals surface area (Å²) in [6, 6.07) is 0. The molecule has 0 aromatic rings. The standard InChI is InChI=1S/C13H28O3/c1-4-6-7-12(5-2)10-16-13(8-9-14)11(3)15/h11-15H,4-10H2,1-3H3. The van der Waals surface area contributed by atoms with Crippen LogP contribution in [0.3, 0.4) is 0 Å². The Labute approximate surface area is 99.8 Å². The highest BCUT2D eigenvalue weighted by atomic mass is 16.5. The van der Waals surface area contributed by atoms with E-state index in [1.165, 1.54) is 19.3 Å². The molecule has 0 aromatic heterocycles. The fraction of sp³-hybridized carbons (Fsp3) is 1.00. The van der Waals surface area contributed by atoms with Crippen molar-refractivity contribution < 1.29 is 14.9 Å². The number of hydrogen-bond donors (Lipinski definition) is 2. The van der Waals surface area contributed by atoms with Gasteiger partial charge in [0, 0.05) is 13.2 Å². The highest BCUT2D eigenvalue weighted by molar-refractivity contribution is 4.66. The second-order valence-electron chi connectivity index (χ2n) is 4.54. The van der Waals surface area contributed by atoms with E-state index in [9.17, 15) is 5.11 Å². The second-order valence-corrected chi connectivity index (χ2v) is 4.54. The van der Waals surface area contributed by atoms with E-state index in [1.54, 1.807) is 6.92 Å². The van der Waals surface area contributed by atoms with Gasteiger partial charge in [0.15, 0.2) is 0 Å². The summed E-state index contributed by atoms with van der Waals surface area (Å²) < 4.78 is 5.68. The predicted octanol–water partition coefficient (Wildman–Crippen LogP) is 2.35. The van der Waals surface area contributed by atoms with Gasteiger partial charge in [-0.1, -0.05) is 33.1 Å². The Bertz CT molecular complexity index is 148. The van der Waals surface area contributed by atoms with Crippen molar-refractivity contribution in [1.82, 2.24) is 0 Å². The van der Waals surface area contributed by atoms with Gasteiger partial charge in [-0.25, -0.2) is 0 Å². The number of aliphatic hydroxyl groups excluding tert-OH is 2. The molecule has 0 fully saturated rings. The van der Waals surface area contributed by atoms with E-state index in [2.05, 4.69) is 13.8 Å². The molecule has 0 aliphatic rings. The highest BCUT2D eigenvalue weighted by Gasteiger charge is 2.16. The molecular weight excluding hydrogens is 204 g/mol. The normalized spacial score (nSPS) is 17.1. The minimum Gasteiger partial charge on any atom is -0.396 e. The predicted molar refractivity (Wildman–Crippen MR) is 66.4 cm³/mol. The SMILES string of the molecule is CCCCC(CC)COC(CCO)C(C)O. The third-order valence-electron chi connectivity index (χ3n) is 3.04. The van der Waals surface area contributed by atoms with Gasteiger partial charge in [-0.2, -0.15) is 0 Å². The maximum absolute atomic E-state index is 9.47. The Morgan fingerprint density at radius 1 is 1.19 bits per heavy atom. The molecule has 0 amide bonds. The topological polar surface area (TPSA) is 49.7 Å². The summed E-state index contributed by atoms with van der Waals surface area (Å²) in [7, 11) is 0. The van der Waals surface area contributed by atoms with E-state index in [0.29, 0.717) is 18.9 Å². The van der Waals surface area contributed by atoms with Gasteiger partial charge >= 0.3 is 0 Å². The van der Waals surface area contributed by atoms with Gasteiger partial charge in [0.2, 0.25) is 0 Å². The van der Waals surface area contributed by atoms with Crippen LogP contribution in [0, 0.1) is 5.92 Å². The molecule has 0 saturated carbocycles. The number of rotatable bonds is 10. The molecule has 3 nitrogen and oxygen atoms in total. The van der Waals surface area contributed by atoms with Crippen molar-refractivity contribution in [2.24, 2.45) is 5.92 Å². The van der Waals surface area contributed by atoms with Gasteiger partial charge in [-0.3, -0.25) is 0 Å². The van der Waals surface area contributed by atoms with E-state index in [4.69, 9.17) is 9.84 Å². The quantitative estimate of drug-likeness (QED) is 0.608. The van der Waals surface area contributed by atoms with Crippen molar-refractivity contribution >= 4 is 0 Å². The zero-order chi connectivity index (χ0) is 12.4. The molecule has 0 rings (SSSR count). The summed E-state index contributed by atoms with van der Waals surface area (Å²) in [6.07, 6.45) is 4.55. The Hall–Kier alpha value is -0.120. The van der Waals surface area contributed by atoms with Gasteiger partial charge in [0.05, 0.1) is 12.2 Å². The molecule has 0 heterocycles. The molecular formula is C13H28O3. The molecule has 0 spiro atoms. The third kappa shape index (κ3) is 7.20. The maximum atomic E-state index is 9.47. The fourth-order valence-electron chi connectivity index (χ4n) is 1.75. The summed E-state index contributed by atoms with van der Waals surface area (Å²) >= 11 is 0. The zero-order valence-corrected chi connectivity index (χ0v) is 11.0. The first kappa shape index (κ1) is 15.9. The minimum absolute atomic E-state index is 0.0708. The van der Waals surface area contributed by atoms with E-state index in [0.717, 1.165) is 6.42 Å². The van der Waals surface area contributed by atoms with Crippen LogP contribution in [0.15, 0.2) is 0 Å². The monoisotopic (exact) mass is 232 g/mol. The Balaban J connectivity index is 3.86. The first-order chi connectivity index (χ1) is 7.65. The van der Waals surface area contributed by atoms with E-state index in [1.807, 2.05) is 0 Å². The van der Waals surface area contributed by atoms with Gasteiger partial charge in [0.25, 0.3) is 0 Å². The van der Waals surface area contributed by atoms with Gasteiger partial charge in [0.1, 0.15) is 0 Å². The van der Waals surface area contributed by atoms with Crippen LogP contribution < -0.4 is 0 Å². The van der Waals surface area contributed by atoms with Crippen molar-refractivity contribution in [2.75, 3.05) is 13.2 Å². The highest BCUT2D eigenvalue weighted by Crippen LogP contribution is 2.15. The van der Waals surface area contributed by atoms with E-state index < -0.39 is 6.10 Å². The fourth-order valence-corrected chi connectivity index (χ4v) is 1.75. The largest absolute Gasteiger partial charge is 0.396 e. The van der Waals surface area contributed by atoms with Crippen LogP contribution in [0.2, 0.25) is 0 Å². The van der Waals surface area contributed by atoms with E-state index >= 15 is 0 Å². The molecule has 3 unspecified atom stereocenters. The van der Waals surface area contributed by atoms with Crippen molar-refractivity contribution in [3.63, 3.8) is 0 Å². The van der Waals surface area contributed by atoms with E-state index in [-0.39, 0.29) is 12.7 Å². The van der Waals surface area contributed by atoms with Crippen LogP contribution in [0.25, 0.3) is 0 Å². The molecule has 0 aliphatic carbocycles. The summed E-state index contributed by atoms with van der Waals surface area (Å²) in [5, 5.41) is 18.3. The van der Waals surface area contributed by atoms with Crippen molar-refractivity contribution in [2.45, 2.75) is 65.1 Å². The van der Waals surface area contributed by atoms with Crippen LogP contribution >= 0.6 is 0 Å². The number of hydrogen-bond acceptors (Lipinski definition) is 3. The molecule has 0 bridgehead atoms. The average molecular weight is 232 g/mol. The van der Waals surface area contributed by atoms with Gasteiger partial charge in [-0.05, 0) is 25.7 Å². The smallest absolute Gasteiger partial charge is 0.0853 e. The molecule has 16 heavy (non-hydrogen) atoms. The van der Waals surface area contributed by atoms with Crippen molar-refractivity contribution in [1.29, 1.82) is 0 Å². The molecule has 3 atom stereocenters. The number of aliphatic hydroxyl groups is 2. The Morgan fingerprint density at radius 3 is 2.31 bits per heavy atom. The Kier molecular flexibility index (Phi) is 9.99. The van der Waals surface area contributed by atoms with Gasteiger partial charge in [-0.15, -0.1) is 0 Å². The lowest BCUT2D eigenvalue weighted by molar-refractivity contribution is -0.0535. The molecule has 0 aliphatic heterocycles. The van der Waals surface area contributed by atoms with Crippen LogP contribution in [-0.2, 0) is 4.74 Å². The summed E-state index contributed by atoms with van der Waals surface area (Å²) in [5.41, 5.74) is 0. The lowest BCUT2D eigenvalue weighted by Crippen LogP contribution is -2.29. The van der Waals surface area contributed by atoms with Crippen molar-refractivity contribution in [3.05, 3.63) is 0 Å². The van der Waals surface area contributed by atoms with Gasteiger partial charge < -0.3 is 14.9 Å². The van der Waals surface area contributed by atoms with Crippen LogP contribution in [-0.4, -0.2) is 35.6 Å². The van der Waals surface area contributed by atoms with Crippen molar-refractivity contribution in [3.8, 4) is 0 Å².